The van der Waals surface area contributed by atoms with Crippen molar-refractivity contribution in [2.75, 3.05) is 5.32 Å². The second-order valence-electron chi connectivity index (χ2n) is 3.59. The maximum absolute atomic E-state index is 12.9. The Bertz CT molecular complexity index is 571. The minimum atomic E-state index is -0.428. The monoisotopic (exact) mass is 231 g/mol. The van der Waals surface area contributed by atoms with Crippen molar-refractivity contribution in [3.05, 3.63) is 47.1 Å². The Kier molecular flexibility index (Phi) is 3.06. The number of aromatic nitrogens is 1. The van der Waals surface area contributed by atoms with Crippen molar-refractivity contribution in [3.63, 3.8) is 0 Å². The molecule has 0 aliphatic rings. The zero-order chi connectivity index (χ0) is 12.3. The molecular formula is C12H10FN3O. The molecule has 1 heterocycles. The van der Waals surface area contributed by atoms with Gasteiger partial charge in [0.15, 0.2) is 5.76 Å². The van der Waals surface area contributed by atoms with Crippen LogP contribution in [0.4, 0.5) is 10.1 Å². The molecule has 1 N–H and O–H groups in total. The van der Waals surface area contributed by atoms with Gasteiger partial charge in [0.05, 0.1) is 23.5 Å². The Morgan fingerprint density at radius 2 is 2.29 bits per heavy atom. The third-order valence-electron chi connectivity index (χ3n) is 2.23. The molecule has 1 aromatic heterocycles. The number of halogens is 1. The average Bonchev–Trinajstić information content (AvgIpc) is 2.73. The van der Waals surface area contributed by atoms with Crippen molar-refractivity contribution in [2.45, 2.75) is 13.5 Å². The quantitative estimate of drug-likeness (QED) is 0.881. The van der Waals surface area contributed by atoms with Gasteiger partial charge in [-0.15, -0.1) is 0 Å². The van der Waals surface area contributed by atoms with E-state index in [2.05, 4.69) is 10.5 Å². The van der Waals surface area contributed by atoms with Crippen molar-refractivity contribution < 1.29 is 8.91 Å². The van der Waals surface area contributed by atoms with E-state index in [0.717, 1.165) is 5.69 Å². The molecule has 0 amide bonds. The molecule has 0 fully saturated rings. The molecule has 0 aliphatic carbocycles. The summed E-state index contributed by atoms with van der Waals surface area (Å²) in [6, 6.07) is 7.74. The molecule has 1 aromatic carbocycles. The second-order valence-corrected chi connectivity index (χ2v) is 3.59. The summed E-state index contributed by atoms with van der Waals surface area (Å²) in [6.07, 6.45) is 0. The van der Waals surface area contributed by atoms with E-state index in [1.54, 1.807) is 6.07 Å². The summed E-state index contributed by atoms with van der Waals surface area (Å²) in [6.45, 7) is 2.23. The fraction of sp³-hybridized carbons (Fsp3) is 0.167. The Morgan fingerprint density at radius 1 is 1.47 bits per heavy atom. The van der Waals surface area contributed by atoms with Crippen LogP contribution in [0.25, 0.3) is 0 Å². The van der Waals surface area contributed by atoms with E-state index in [9.17, 15) is 4.39 Å². The Balaban J connectivity index is 2.12. The molecule has 4 nitrogen and oxygen atoms in total. The van der Waals surface area contributed by atoms with Crippen LogP contribution in [0.5, 0.6) is 0 Å². The lowest BCUT2D eigenvalue weighted by Crippen LogP contribution is -2.00. The number of hydrogen-bond acceptors (Lipinski definition) is 4. The summed E-state index contributed by atoms with van der Waals surface area (Å²) in [5.74, 6) is 0.235. The van der Waals surface area contributed by atoms with E-state index >= 15 is 0 Å². The van der Waals surface area contributed by atoms with Gasteiger partial charge in [-0.25, -0.2) is 4.39 Å². The lowest BCUT2D eigenvalue weighted by Gasteiger charge is -2.05. The van der Waals surface area contributed by atoms with Crippen molar-refractivity contribution in [1.82, 2.24) is 5.16 Å². The van der Waals surface area contributed by atoms with E-state index in [0.29, 0.717) is 18.0 Å². The average molecular weight is 231 g/mol. The first-order valence-electron chi connectivity index (χ1n) is 5.05. The van der Waals surface area contributed by atoms with Gasteiger partial charge in [0.25, 0.3) is 0 Å². The third-order valence-corrected chi connectivity index (χ3v) is 2.23. The van der Waals surface area contributed by atoms with Crippen LogP contribution in [-0.4, -0.2) is 5.16 Å². The van der Waals surface area contributed by atoms with Crippen LogP contribution in [-0.2, 0) is 6.54 Å². The molecule has 17 heavy (non-hydrogen) atoms. The van der Waals surface area contributed by atoms with Gasteiger partial charge < -0.3 is 9.84 Å². The fourth-order valence-electron chi connectivity index (χ4n) is 1.45. The van der Waals surface area contributed by atoms with Gasteiger partial charge in [-0.2, -0.15) is 5.26 Å². The maximum Gasteiger partial charge on any atom is 0.156 e. The summed E-state index contributed by atoms with van der Waals surface area (Å²) < 4.78 is 17.9. The molecule has 0 unspecified atom stereocenters. The first-order valence-corrected chi connectivity index (χ1v) is 5.05. The van der Waals surface area contributed by atoms with Gasteiger partial charge in [-0.3, -0.25) is 0 Å². The summed E-state index contributed by atoms with van der Waals surface area (Å²) in [4.78, 5) is 0. The minimum Gasteiger partial charge on any atom is -0.377 e. The van der Waals surface area contributed by atoms with Crippen LogP contribution in [0.2, 0.25) is 0 Å². The molecular weight excluding hydrogens is 221 g/mol. The smallest absolute Gasteiger partial charge is 0.156 e. The lowest BCUT2D eigenvalue weighted by molar-refractivity contribution is 0.384. The van der Waals surface area contributed by atoms with Gasteiger partial charge >= 0.3 is 0 Å². The van der Waals surface area contributed by atoms with Gasteiger partial charge in [-0.1, -0.05) is 5.16 Å². The van der Waals surface area contributed by atoms with Crippen LogP contribution < -0.4 is 5.32 Å². The SMILES string of the molecule is Cc1cc(CNc2ccc(F)cc2C#N)on1. The van der Waals surface area contributed by atoms with Crippen molar-refractivity contribution in [3.8, 4) is 6.07 Å². The fourth-order valence-corrected chi connectivity index (χ4v) is 1.45. The summed E-state index contributed by atoms with van der Waals surface area (Å²) in [7, 11) is 0. The third kappa shape index (κ3) is 2.61. The normalized spacial score (nSPS) is 9.94. The van der Waals surface area contributed by atoms with E-state index in [-0.39, 0.29) is 5.56 Å². The maximum atomic E-state index is 12.9. The zero-order valence-electron chi connectivity index (χ0n) is 9.20. The number of hydrogen-bond donors (Lipinski definition) is 1. The first-order chi connectivity index (χ1) is 8.19. The molecule has 5 heteroatoms. The van der Waals surface area contributed by atoms with Crippen LogP contribution in [0, 0.1) is 24.1 Å². The molecule has 86 valence electrons. The highest BCUT2D eigenvalue weighted by Gasteiger charge is 2.05. The Morgan fingerprint density at radius 3 is 2.94 bits per heavy atom. The van der Waals surface area contributed by atoms with Crippen LogP contribution >= 0.6 is 0 Å². The van der Waals surface area contributed by atoms with Crippen LogP contribution in [0.3, 0.4) is 0 Å². The summed E-state index contributed by atoms with van der Waals surface area (Å²) in [5, 5.41) is 15.6. The molecule has 0 bridgehead atoms. The highest BCUT2D eigenvalue weighted by Crippen LogP contribution is 2.17. The van der Waals surface area contributed by atoms with Crippen molar-refractivity contribution >= 4 is 5.69 Å². The van der Waals surface area contributed by atoms with Crippen LogP contribution in [0.1, 0.15) is 17.0 Å². The number of anilines is 1. The molecule has 0 saturated carbocycles. The zero-order valence-corrected chi connectivity index (χ0v) is 9.20. The largest absolute Gasteiger partial charge is 0.377 e. The molecule has 0 atom stereocenters. The van der Waals surface area contributed by atoms with Crippen molar-refractivity contribution in [1.29, 1.82) is 5.26 Å². The number of benzene rings is 1. The van der Waals surface area contributed by atoms with Gasteiger partial charge in [0, 0.05) is 6.07 Å². The van der Waals surface area contributed by atoms with Gasteiger partial charge in [-0.05, 0) is 25.1 Å². The number of nitriles is 1. The van der Waals surface area contributed by atoms with E-state index in [4.69, 9.17) is 9.78 Å². The second kappa shape index (κ2) is 4.66. The number of rotatable bonds is 3. The van der Waals surface area contributed by atoms with E-state index < -0.39 is 5.82 Å². The predicted octanol–water partition coefficient (Wildman–Crippen LogP) is 2.61. The molecule has 0 aliphatic heterocycles. The minimum absolute atomic E-state index is 0.265. The van der Waals surface area contributed by atoms with Crippen molar-refractivity contribution in [2.24, 2.45) is 0 Å². The molecule has 2 rings (SSSR count). The lowest BCUT2D eigenvalue weighted by atomic mass is 10.2. The summed E-state index contributed by atoms with van der Waals surface area (Å²) in [5.41, 5.74) is 1.63. The Hall–Kier alpha value is -2.35. The van der Waals surface area contributed by atoms with E-state index in [1.807, 2.05) is 13.0 Å². The standard InChI is InChI=1S/C12H10FN3O/c1-8-4-11(17-16-8)7-15-12-3-2-10(13)5-9(12)6-14/h2-5,15H,7H2,1H3. The topological polar surface area (TPSA) is 61.9 Å². The molecule has 0 radical (unpaired) electrons. The number of aryl methyl sites for hydroxylation is 1. The number of nitrogens with zero attached hydrogens (tertiary/aromatic N) is 2. The number of nitrogens with one attached hydrogen (secondary N) is 1. The highest BCUT2D eigenvalue weighted by atomic mass is 19.1. The van der Waals surface area contributed by atoms with Gasteiger partial charge in [0.1, 0.15) is 11.9 Å². The van der Waals surface area contributed by atoms with Gasteiger partial charge in [0.2, 0.25) is 0 Å². The van der Waals surface area contributed by atoms with E-state index in [1.165, 1.54) is 18.2 Å². The predicted molar refractivity (Wildman–Crippen MR) is 59.7 cm³/mol. The van der Waals surface area contributed by atoms with Crippen LogP contribution in [0.15, 0.2) is 28.8 Å². The Labute approximate surface area is 97.7 Å². The first kappa shape index (κ1) is 11.1. The highest BCUT2D eigenvalue weighted by molar-refractivity contribution is 5.57. The molecule has 2 aromatic rings. The molecule has 0 saturated heterocycles. The molecule has 0 spiro atoms. The summed E-state index contributed by atoms with van der Waals surface area (Å²) >= 11 is 0.